The van der Waals surface area contributed by atoms with Crippen LogP contribution in [0.2, 0.25) is 0 Å². The van der Waals surface area contributed by atoms with E-state index >= 15 is 0 Å². The van der Waals surface area contributed by atoms with Gasteiger partial charge in [0, 0.05) is 26.6 Å². The second-order valence-corrected chi connectivity index (χ2v) is 18.0. The summed E-state index contributed by atoms with van der Waals surface area (Å²) in [5.41, 5.74) is 0. The van der Waals surface area contributed by atoms with Crippen LogP contribution in [0.4, 0.5) is 5.00 Å². The molecule has 0 aromatic carbocycles. The summed E-state index contributed by atoms with van der Waals surface area (Å²) in [7, 11) is -2.48. The summed E-state index contributed by atoms with van der Waals surface area (Å²) < 4.78 is 50.2. The predicted molar refractivity (Wildman–Crippen MR) is 179 cm³/mol. The molecule has 6 heterocycles. The molecule has 0 radical (unpaired) electrons. The number of hydrogen-bond acceptors (Lipinski definition) is 12. The number of carbonyl (C=O) groups excluding carboxylic acids is 2. The molecule has 18 heteroatoms. The summed E-state index contributed by atoms with van der Waals surface area (Å²) in [5, 5.41) is 6.22. The molecule has 5 aromatic heterocycles. The zero-order valence-electron chi connectivity index (χ0n) is 22.2. The average Bonchev–Trinajstić information content (AvgIpc) is 3.74. The molecule has 6 rings (SSSR count). The van der Waals surface area contributed by atoms with Crippen LogP contribution in [0.25, 0.3) is 35.1 Å². The number of sulfonamides is 1. The zero-order valence-corrected chi connectivity index (χ0v) is 28.7. The van der Waals surface area contributed by atoms with Crippen LogP contribution in [0.1, 0.15) is 5.01 Å². The standard InChI is InChI=1S/C25H20N4O6S8/c1-27(42(32)33)21(31)13-29-23(39-19-10-17(41-25(19)29)15-6-4-8-37-15)11-22-28(12-20(30)26-43(2,34)35)24-18(38-22)9-16(40-24)14-5-3-7-36-14/h3-11H,12-13H2,1-2H3,(H-,26,30,32,33)/p+1. The van der Waals surface area contributed by atoms with Gasteiger partial charge in [-0.05, 0) is 35.0 Å². The lowest BCUT2D eigenvalue weighted by atomic mass is 10.4. The van der Waals surface area contributed by atoms with Crippen LogP contribution in [0, 0.1) is 0 Å². The summed E-state index contributed by atoms with van der Waals surface area (Å²) >= 11 is 6.72. The number of nitrogens with one attached hydrogen (secondary N) is 1. The van der Waals surface area contributed by atoms with E-state index in [1.807, 2.05) is 46.0 Å². The van der Waals surface area contributed by atoms with Gasteiger partial charge in [-0.3, -0.25) is 14.1 Å². The first-order valence-corrected chi connectivity index (χ1v) is 20.2. The molecule has 0 saturated carbocycles. The van der Waals surface area contributed by atoms with Gasteiger partial charge >= 0.3 is 0 Å². The molecule has 1 aliphatic rings. The highest BCUT2D eigenvalue weighted by Gasteiger charge is 2.34. The van der Waals surface area contributed by atoms with Crippen molar-refractivity contribution in [1.29, 1.82) is 0 Å². The Bertz CT molecular complexity index is 2000. The second kappa shape index (κ2) is 12.2. The second-order valence-electron chi connectivity index (χ2n) is 9.13. The number of nitrogens with zero attached hydrogens (tertiary/aromatic N) is 3. The summed E-state index contributed by atoms with van der Waals surface area (Å²) in [5.74, 6) is -1.21. The van der Waals surface area contributed by atoms with Crippen molar-refractivity contribution in [3.63, 3.8) is 0 Å². The summed E-state index contributed by atoms with van der Waals surface area (Å²) in [6.07, 6.45) is 2.81. The van der Waals surface area contributed by atoms with Crippen molar-refractivity contribution in [3.05, 3.63) is 57.2 Å². The Morgan fingerprint density at radius 1 is 1.07 bits per heavy atom. The Morgan fingerprint density at radius 2 is 1.74 bits per heavy atom. The number of likely N-dealkylation sites (N-methyl/N-ethyl adjacent to an activating group) is 1. The van der Waals surface area contributed by atoms with Crippen molar-refractivity contribution in [2.24, 2.45) is 0 Å². The van der Waals surface area contributed by atoms with E-state index in [0.29, 0.717) is 10.0 Å². The molecule has 0 bridgehead atoms. The normalized spacial score (nSPS) is 14.9. The Hall–Kier alpha value is -2.42. The van der Waals surface area contributed by atoms with Crippen molar-refractivity contribution in [2.75, 3.05) is 24.7 Å². The highest BCUT2D eigenvalue weighted by molar-refractivity contribution is 8.04. The molecular weight excluding hydrogens is 709 g/mol. The van der Waals surface area contributed by atoms with E-state index in [1.54, 1.807) is 27.2 Å². The van der Waals surface area contributed by atoms with Crippen molar-refractivity contribution >= 4 is 122 Å². The van der Waals surface area contributed by atoms with E-state index in [9.17, 15) is 26.8 Å². The summed E-state index contributed by atoms with van der Waals surface area (Å²) in [6, 6.07) is 12.1. The molecule has 0 saturated heterocycles. The Morgan fingerprint density at radius 3 is 2.35 bits per heavy atom. The first kappa shape index (κ1) is 30.6. The van der Waals surface area contributed by atoms with Gasteiger partial charge in [0.2, 0.25) is 16.6 Å². The predicted octanol–water partition coefficient (Wildman–Crippen LogP) is 5.35. The molecule has 1 unspecified atom stereocenters. The number of thiophene rings is 4. The third-order valence-corrected chi connectivity index (χ3v) is 14.2. The van der Waals surface area contributed by atoms with Crippen molar-refractivity contribution in [3.8, 4) is 19.5 Å². The fourth-order valence-corrected chi connectivity index (χ4v) is 11.6. The number of anilines is 1. The smallest absolute Gasteiger partial charge is 0.299 e. The molecule has 10 nitrogen and oxygen atoms in total. The van der Waals surface area contributed by atoms with E-state index < -0.39 is 33.1 Å². The molecule has 2 N–H and O–H groups in total. The molecule has 2 amide bonds. The number of aromatic nitrogens is 1. The van der Waals surface area contributed by atoms with Crippen LogP contribution in [0.15, 0.2) is 57.1 Å². The number of thiazole rings is 1. The molecule has 5 aromatic rings. The SMILES string of the molecule is CN(C(=O)CN1/C(=C/c2sc3cc(-c4cccs4)sc3[n+]2CC(=O)NS(C)(=O)=O)Sc2cc(-c3cccs3)sc21)S(=O)O. The lowest BCUT2D eigenvalue weighted by Crippen LogP contribution is -2.45. The molecule has 0 aliphatic carbocycles. The van der Waals surface area contributed by atoms with E-state index in [1.165, 1.54) is 52.8 Å². The Kier molecular flexibility index (Phi) is 8.66. The quantitative estimate of drug-likeness (QED) is 0.154. The number of carbonyl (C=O) groups is 2. The summed E-state index contributed by atoms with van der Waals surface area (Å²) in [6.45, 7) is -0.396. The maximum Gasteiger partial charge on any atom is 0.299 e. The minimum atomic E-state index is -3.75. The van der Waals surface area contributed by atoms with Crippen LogP contribution < -0.4 is 14.2 Å². The highest BCUT2D eigenvalue weighted by atomic mass is 32.2. The average molecular weight is 730 g/mol. The summed E-state index contributed by atoms with van der Waals surface area (Å²) in [4.78, 5) is 33.6. The number of hydrogen-bond donors (Lipinski definition) is 2. The first-order valence-electron chi connectivity index (χ1n) is 12.2. The van der Waals surface area contributed by atoms with Gasteiger partial charge in [0.25, 0.3) is 32.9 Å². The number of thioether (sulfide) groups is 1. The van der Waals surface area contributed by atoms with Gasteiger partial charge in [-0.15, -0.1) is 34.0 Å². The maximum absolute atomic E-state index is 13.0. The minimum absolute atomic E-state index is 0.171. The van der Waals surface area contributed by atoms with Gasteiger partial charge in [-0.2, -0.15) is 4.57 Å². The molecule has 43 heavy (non-hydrogen) atoms. The van der Waals surface area contributed by atoms with Gasteiger partial charge in [0.15, 0.2) is 0 Å². The fraction of sp³-hybridized carbons (Fsp3) is 0.160. The highest BCUT2D eigenvalue weighted by Crippen LogP contribution is 2.54. The van der Waals surface area contributed by atoms with Crippen LogP contribution in [0.5, 0.6) is 0 Å². The lowest BCUT2D eigenvalue weighted by Gasteiger charge is -2.21. The van der Waals surface area contributed by atoms with Crippen LogP contribution >= 0.6 is 68.4 Å². The van der Waals surface area contributed by atoms with Crippen molar-refractivity contribution < 1.29 is 31.3 Å². The topological polar surface area (TPSA) is 128 Å². The molecule has 224 valence electrons. The van der Waals surface area contributed by atoms with Gasteiger partial charge in [0.05, 0.1) is 22.2 Å². The molecule has 1 aliphatic heterocycles. The first-order chi connectivity index (χ1) is 20.5. The molecule has 0 fully saturated rings. The van der Waals surface area contributed by atoms with Crippen LogP contribution in [-0.2, 0) is 37.4 Å². The van der Waals surface area contributed by atoms with Gasteiger partial charge in [0.1, 0.15) is 16.2 Å². The Balaban J connectivity index is 1.42. The van der Waals surface area contributed by atoms with E-state index in [2.05, 4.69) is 16.9 Å². The fourth-order valence-electron chi connectivity index (χ4n) is 4.19. The van der Waals surface area contributed by atoms with E-state index in [0.717, 1.165) is 49.5 Å². The monoisotopic (exact) mass is 729 g/mol. The molecule has 0 spiro atoms. The van der Waals surface area contributed by atoms with Crippen LogP contribution in [-0.4, -0.2) is 53.1 Å². The Labute approximate surface area is 273 Å². The number of fused-ring (bicyclic) bond motifs is 2. The minimum Gasteiger partial charge on any atom is -0.317 e. The van der Waals surface area contributed by atoms with E-state index in [-0.39, 0.29) is 13.1 Å². The van der Waals surface area contributed by atoms with Crippen LogP contribution in [0.3, 0.4) is 0 Å². The van der Waals surface area contributed by atoms with E-state index in [4.69, 9.17) is 0 Å². The van der Waals surface area contributed by atoms with Gasteiger partial charge in [-0.25, -0.2) is 21.7 Å². The van der Waals surface area contributed by atoms with Gasteiger partial charge < -0.3 is 4.90 Å². The van der Waals surface area contributed by atoms with Gasteiger partial charge in [-0.1, -0.05) is 46.6 Å². The van der Waals surface area contributed by atoms with Crippen molar-refractivity contribution in [2.45, 2.75) is 11.4 Å². The third-order valence-electron chi connectivity index (χ3n) is 6.07. The molecular formula is C25H21N4O6S8+. The number of amides is 2. The van der Waals surface area contributed by atoms with Crippen molar-refractivity contribution in [1.82, 2.24) is 9.03 Å². The number of rotatable bonds is 9. The maximum atomic E-state index is 13.0. The third kappa shape index (κ3) is 6.52. The molecule has 1 atom stereocenters. The largest absolute Gasteiger partial charge is 0.317 e. The zero-order chi connectivity index (χ0) is 30.5. The lowest BCUT2D eigenvalue weighted by molar-refractivity contribution is -0.653.